The number of aliphatic carboxylic acids is 1. The molecule has 0 saturated carbocycles. The summed E-state index contributed by atoms with van der Waals surface area (Å²) in [5.74, 6) is -0.175. The highest BCUT2D eigenvalue weighted by Crippen LogP contribution is 2.10. The van der Waals surface area contributed by atoms with Gasteiger partial charge in [0.2, 0.25) is 0 Å². The molecule has 0 radical (unpaired) electrons. The quantitative estimate of drug-likeness (QED) is 0.782. The van der Waals surface area contributed by atoms with Crippen LogP contribution in [-0.4, -0.2) is 17.1 Å². The number of hydrogen-bond donors (Lipinski definition) is 2. The SMILES string of the molecule is CC(C)Cc1ccc(CN[C@H](Cc2ccccc2)C(=O)O)cc1. The Morgan fingerprint density at radius 2 is 1.48 bits per heavy atom. The lowest BCUT2D eigenvalue weighted by Crippen LogP contribution is -2.38. The van der Waals surface area contributed by atoms with Crippen molar-refractivity contribution in [3.05, 3.63) is 71.3 Å². The third kappa shape index (κ3) is 5.87. The van der Waals surface area contributed by atoms with Gasteiger partial charge in [0.05, 0.1) is 0 Å². The predicted molar refractivity (Wildman–Crippen MR) is 93.4 cm³/mol. The molecule has 0 heterocycles. The maximum atomic E-state index is 11.4. The first kappa shape index (κ1) is 17.2. The van der Waals surface area contributed by atoms with Crippen molar-refractivity contribution in [2.75, 3.05) is 0 Å². The van der Waals surface area contributed by atoms with Gasteiger partial charge in [-0.2, -0.15) is 0 Å². The molecule has 0 aliphatic rings. The van der Waals surface area contributed by atoms with Crippen molar-refractivity contribution in [3.63, 3.8) is 0 Å². The normalized spacial score (nSPS) is 12.3. The molecule has 0 spiro atoms. The highest BCUT2D eigenvalue weighted by atomic mass is 16.4. The molecule has 0 aromatic heterocycles. The Balaban J connectivity index is 1.92. The molecule has 0 unspecified atom stereocenters. The van der Waals surface area contributed by atoms with Crippen LogP contribution in [0, 0.1) is 5.92 Å². The zero-order valence-corrected chi connectivity index (χ0v) is 13.8. The molecule has 1 atom stereocenters. The van der Waals surface area contributed by atoms with Crippen molar-refractivity contribution in [2.24, 2.45) is 5.92 Å². The molecule has 2 N–H and O–H groups in total. The number of rotatable bonds is 8. The van der Waals surface area contributed by atoms with Crippen LogP contribution in [0.15, 0.2) is 54.6 Å². The molecule has 0 saturated heterocycles. The minimum Gasteiger partial charge on any atom is -0.480 e. The van der Waals surface area contributed by atoms with E-state index >= 15 is 0 Å². The van der Waals surface area contributed by atoms with E-state index in [-0.39, 0.29) is 0 Å². The van der Waals surface area contributed by atoms with Crippen LogP contribution in [0.3, 0.4) is 0 Å². The molecular weight excluding hydrogens is 286 g/mol. The van der Waals surface area contributed by atoms with Gasteiger partial charge < -0.3 is 10.4 Å². The van der Waals surface area contributed by atoms with Crippen molar-refractivity contribution in [1.82, 2.24) is 5.32 Å². The summed E-state index contributed by atoms with van der Waals surface area (Å²) in [5.41, 5.74) is 3.46. The lowest BCUT2D eigenvalue weighted by Gasteiger charge is -2.15. The van der Waals surface area contributed by atoms with E-state index in [2.05, 4.69) is 43.4 Å². The average Bonchev–Trinajstić information content (AvgIpc) is 2.53. The van der Waals surface area contributed by atoms with Crippen molar-refractivity contribution in [1.29, 1.82) is 0 Å². The summed E-state index contributed by atoms with van der Waals surface area (Å²) in [6.07, 6.45) is 1.56. The highest BCUT2D eigenvalue weighted by Gasteiger charge is 2.17. The molecule has 3 nitrogen and oxygen atoms in total. The summed E-state index contributed by atoms with van der Waals surface area (Å²) in [6.45, 7) is 4.97. The Morgan fingerprint density at radius 1 is 0.913 bits per heavy atom. The van der Waals surface area contributed by atoms with E-state index in [4.69, 9.17) is 0 Å². The van der Waals surface area contributed by atoms with Crippen LogP contribution in [0.2, 0.25) is 0 Å². The van der Waals surface area contributed by atoms with Crippen LogP contribution in [-0.2, 0) is 24.2 Å². The molecule has 3 heteroatoms. The standard InChI is InChI=1S/C20H25NO2/c1-15(2)12-17-8-10-18(11-9-17)14-21-19(20(22)23)13-16-6-4-3-5-7-16/h3-11,15,19,21H,12-14H2,1-2H3,(H,22,23)/t19-/m1/s1. The molecule has 23 heavy (non-hydrogen) atoms. The summed E-state index contributed by atoms with van der Waals surface area (Å²) >= 11 is 0. The lowest BCUT2D eigenvalue weighted by atomic mass is 10.0. The fourth-order valence-corrected chi connectivity index (χ4v) is 2.60. The third-order valence-corrected chi connectivity index (χ3v) is 3.80. The summed E-state index contributed by atoms with van der Waals surface area (Å²) in [4.78, 5) is 11.4. The van der Waals surface area contributed by atoms with Crippen LogP contribution < -0.4 is 5.32 Å². The monoisotopic (exact) mass is 311 g/mol. The maximum absolute atomic E-state index is 11.4. The molecular formula is C20H25NO2. The minimum absolute atomic E-state index is 0.488. The Kier molecular flexibility index (Phi) is 6.36. The second-order valence-electron chi connectivity index (χ2n) is 6.38. The van der Waals surface area contributed by atoms with Crippen LogP contribution >= 0.6 is 0 Å². The molecule has 0 aliphatic heterocycles. The molecule has 2 rings (SSSR count). The van der Waals surface area contributed by atoms with E-state index in [0.717, 1.165) is 17.5 Å². The molecule has 0 amide bonds. The van der Waals surface area contributed by atoms with Crippen LogP contribution in [0.4, 0.5) is 0 Å². The first-order chi connectivity index (χ1) is 11.0. The topological polar surface area (TPSA) is 49.3 Å². The number of carboxylic acids is 1. The molecule has 0 bridgehead atoms. The maximum Gasteiger partial charge on any atom is 0.321 e. The fourth-order valence-electron chi connectivity index (χ4n) is 2.60. The van der Waals surface area contributed by atoms with E-state index in [9.17, 15) is 9.90 Å². The number of carbonyl (C=O) groups is 1. The predicted octanol–water partition coefficient (Wildman–Crippen LogP) is 3.67. The van der Waals surface area contributed by atoms with Crippen molar-refractivity contribution >= 4 is 5.97 Å². The van der Waals surface area contributed by atoms with Crippen LogP contribution in [0.5, 0.6) is 0 Å². The van der Waals surface area contributed by atoms with Crippen molar-refractivity contribution in [2.45, 2.75) is 39.3 Å². The van der Waals surface area contributed by atoms with Gasteiger partial charge in [0, 0.05) is 6.54 Å². The fraction of sp³-hybridized carbons (Fsp3) is 0.350. The van der Waals surface area contributed by atoms with Gasteiger partial charge >= 0.3 is 5.97 Å². The van der Waals surface area contributed by atoms with Gasteiger partial charge in [-0.1, -0.05) is 68.4 Å². The first-order valence-corrected chi connectivity index (χ1v) is 8.12. The van der Waals surface area contributed by atoms with Gasteiger partial charge in [0.25, 0.3) is 0 Å². The second-order valence-corrected chi connectivity index (χ2v) is 6.38. The molecule has 2 aromatic carbocycles. The van der Waals surface area contributed by atoms with E-state index in [0.29, 0.717) is 18.9 Å². The van der Waals surface area contributed by atoms with E-state index in [1.807, 2.05) is 30.3 Å². The van der Waals surface area contributed by atoms with Crippen molar-refractivity contribution in [3.8, 4) is 0 Å². The van der Waals surface area contributed by atoms with Gasteiger partial charge in [-0.15, -0.1) is 0 Å². The van der Waals surface area contributed by atoms with Crippen LogP contribution in [0.1, 0.15) is 30.5 Å². The average molecular weight is 311 g/mol. The zero-order valence-electron chi connectivity index (χ0n) is 13.8. The Morgan fingerprint density at radius 3 is 2.04 bits per heavy atom. The van der Waals surface area contributed by atoms with E-state index < -0.39 is 12.0 Å². The summed E-state index contributed by atoms with van der Waals surface area (Å²) in [5, 5.41) is 12.5. The van der Waals surface area contributed by atoms with Gasteiger partial charge in [-0.3, -0.25) is 4.79 Å². The zero-order chi connectivity index (χ0) is 16.7. The van der Waals surface area contributed by atoms with Crippen molar-refractivity contribution < 1.29 is 9.90 Å². The molecule has 2 aromatic rings. The van der Waals surface area contributed by atoms with Gasteiger partial charge in [-0.05, 0) is 35.4 Å². The summed E-state index contributed by atoms with van der Waals surface area (Å²) in [7, 11) is 0. The summed E-state index contributed by atoms with van der Waals surface area (Å²) in [6, 6.07) is 17.5. The van der Waals surface area contributed by atoms with Gasteiger partial charge in [-0.25, -0.2) is 0 Å². The highest BCUT2D eigenvalue weighted by molar-refractivity contribution is 5.73. The number of nitrogens with one attached hydrogen (secondary N) is 1. The van der Waals surface area contributed by atoms with Gasteiger partial charge in [0.15, 0.2) is 0 Å². The lowest BCUT2D eigenvalue weighted by molar-refractivity contribution is -0.139. The largest absolute Gasteiger partial charge is 0.480 e. The second kappa shape index (κ2) is 8.49. The smallest absolute Gasteiger partial charge is 0.321 e. The molecule has 0 aliphatic carbocycles. The Bertz CT molecular complexity index is 605. The van der Waals surface area contributed by atoms with E-state index in [1.165, 1.54) is 5.56 Å². The minimum atomic E-state index is -0.815. The molecule has 122 valence electrons. The Hall–Kier alpha value is -2.13. The first-order valence-electron chi connectivity index (χ1n) is 8.12. The van der Waals surface area contributed by atoms with Crippen LogP contribution in [0.25, 0.3) is 0 Å². The number of hydrogen-bond acceptors (Lipinski definition) is 2. The summed E-state index contributed by atoms with van der Waals surface area (Å²) < 4.78 is 0. The van der Waals surface area contributed by atoms with E-state index in [1.54, 1.807) is 0 Å². The third-order valence-electron chi connectivity index (χ3n) is 3.80. The Labute approximate surface area is 138 Å². The van der Waals surface area contributed by atoms with Gasteiger partial charge in [0.1, 0.15) is 6.04 Å². The number of carboxylic acid groups (broad SMARTS) is 1. The molecule has 0 fully saturated rings. The number of benzene rings is 2.